The SMILES string of the molecule is c1ccc(-c2ccc3c(c2)c2c4ccccc4ccc2n3-c2cc(-c3nc(-c4ccccc4)nc(-c4ccccc4)n3)cc3oc4ccccc4c23)cc1. The van der Waals surface area contributed by atoms with Crippen molar-refractivity contribution in [3.63, 3.8) is 0 Å². The third-order valence-electron chi connectivity index (χ3n) is 10.4. The lowest BCUT2D eigenvalue weighted by Gasteiger charge is -2.13. The third-order valence-corrected chi connectivity index (χ3v) is 10.4. The first kappa shape index (κ1) is 30.3. The number of rotatable bonds is 5. The Kier molecular flexibility index (Phi) is 6.79. The van der Waals surface area contributed by atoms with Gasteiger partial charge in [-0.05, 0) is 58.3 Å². The molecule has 0 unspecified atom stereocenters. The fourth-order valence-corrected chi connectivity index (χ4v) is 7.94. The molecule has 3 aromatic heterocycles. The van der Waals surface area contributed by atoms with Crippen molar-refractivity contribution in [2.45, 2.75) is 0 Å². The number of para-hydroxylation sites is 1. The average molecular weight is 691 g/mol. The van der Waals surface area contributed by atoms with Crippen LogP contribution in [0.25, 0.3) is 105 Å². The molecule has 0 saturated heterocycles. The zero-order chi connectivity index (χ0) is 35.6. The lowest BCUT2D eigenvalue weighted by Crippen LogP contribution is -2.01. The highest BCUT2D eigenvalue weighted by Gasteiger charge is 2.22. The highest BCUT2D eigenvalue weighted by molar-refractivity contribution is 6.23. The van der Waals surface area contributed by atoms with Crippen LogP contribution in [0.1, 0.15) is 0 Å². The summed E-state index contributed by atoms with van der Waals surface area (Å²) in [6.07, 6.45) is 0. The third kappa shape index (κ3) is 4.83. The van der Waals surface area contributed by atoms with Crippen molar-refractivity contribution in [1.29, 1.82) is 0 Å². The zero-order valence-electron chi connectivity index (χ0n) is 29.0. The predicted octanol–water partition coefficient (Wildman–Crippen LogP) is 12.7. The van der Waals surface area contributed by atoms with Crippen molar-refractivity contribution in [2.24, 2.45) is 0 Å². The Morgan fingerprint density at radius 2 is 0.926 bits per heavy atom. The van der Waals surface area contributed by atoms with Crippen molar-refractivity contribution in [3.05, 3.63) is 182 Å². The van der Waals surface area contributed by atoms with Crippen LogP contribution >= 0.6 is 0 Å². The van der Waals surface area contributed by atoms with Gasteiger partial charge in [-0.2, -0.15) is 0 Å². The van der Waals surface area contributed by atoms with Crippen molar-refractivity contribution >= 4 is 54.5 Å². The molecule has 0 aliphatic carbocycles. The fraction of sp³-hybridized carbons (Fsp3) is 0. The van der Waals surface area contributed by atoms with E-state index in [1.807, 2.05) is 72.8 Å². The number of furan rings is 1. The van der Waals surface area contributed by atoms with Gasteiger partial charge in [-0.1, -0.05) is 146 Å². The van der Waals surface area contributed by atoms with Gasteiger partial charge in [-0.3, -0.25) is 0 Å². The molecule has 0 bridgehead atoms. The molecule has 0 aliphatic heterocycles. The van der Waals surface area contributed by atoms with Crippen molar-refractivity contribution in [1.82, 2.24) is 19.5 Å². The number of hydrogen-bond donors (Lipinski definition) is 0. The Balaban J connectivity index is 1.25. The van der Waals surface area contributed by atoms with Gasteiger partial charge in [0.25, 0.3) is 0 Å². The molecule has 11 rings (SSSR count). The number of benzene rings is 8. The summed E-state index contributed by atoms with van der Waals surface area (Å²) in [4.78, 5) is 15.2. The molecule has 252 valence electrons. The van der Waals surface area contributed by atoms with Gasteiger partial charge in [0.2, 0.25) is 0 Å². The molecule has 3 heterocycles. The minimum Gasteiger partial charge on any atom is -0.456 e. The Hall–Kier alpha value is -7.37. The van der Waals surface area contributed by atoms with Crippen LogP contribution in [0.15, 0.2) is 186 Å². The molecule has 8 aromatic carbocycles. The molecule has 0 amide bonds. The zero-order valence-corrected chi connectivity index (χ0v) is 29.0. The topological polar surface area (TPSA) is 56.7 Å². The number of aromatic nitrogens is 4. The molecular weight excluding hydrogens is 661 g/mol. The highest BCUT2D eigenvalue weighted by atomic mass is 16.3. The largest absolute Gasteiger partial charge is 0.456 e. The lowest BCUT2D eigenvalue weighted by atomic mass is 10.0. The average Bonchev–Trinajstić information content (AvgIpc) is 3.80. The van der Waals surface area contributed by atoms with E-state index < -0.39 is 0 Å². The van der Waals surface area contributed by atoms with Gasteiger partial charge in [-0.25, -0.2) is 15.0 Å². The molecule has 0 N–H and O–H groups in total. The summed E-state index contributed by atoms with van der Waals surface area (Å²) in [6.45, 7) is 0. The summed E-state index contributed by atoms with van der Waals surface area (Å²) >= 11 is 0. The standard InChI is InChI=1S/C49H30N4O/c1-4-14-31(15-5-1)35-25-26-40-39(28-35)45-37-21-11-10-16-32(37)24-27-41(45)53(40)42-29-36(30-44-46(42)38-22-12-13-23-43(38)54-44)49-51-47(33-17-6-2-7-18-33)50-48(52-49)34-19-8-3-9-20-34/h1-30H. The second-order valence-corrected chi connectivity index (χ2v) is 13.6. The Bertz CT molecular complexity index is 3140. The van der Waals surface area contributed by atoms with E-state index in [9.17, 15) is 0 Å². The van der Waals surface area contributed by atoms with Gasteiger partial charge in [0.05, 0.1) is 22.1 Å². The summed E-state index contributed by atoms with van der Waals surface area (Å²) in [5.74, 6) is 1.80. The van der Waals surface area contributed by atoms with E-state index in [4.69, 9.17) is 19.4 Å². The van der Waals surface area contributed by atoms with Crippen LogP contribution in [-0.4, -0.2) is 19.5 Å². The van der Waals surface area contributed by atoms with Crippen LogP contribution in [0.5, 0.6) is 0 Å². The molecule has 0 radical (unpaired) electrons. The minimum atomic E-state index is 0.573. The van der Waals surface area contributed by atoms with Gasteiger partial charge in [0, 0.05) is 32.8 Å². The molecule has 0 saturated carbocycles. The molecule has 5 heteroatoms. The molecule has 0 spiro atoms. The van der Waals surface area contributed by atoms with E-state index >= 15 is 0 Å². The summed E-state index contributed by atoms with van der Waals surface area (Å²) in [6, 6.07) is 63.3. The molecular formula is C49H30N4O. The first-order valence-corrected chi connectivity index (χ1v) is 18.1. The Morgan fingerprint density at radius 1 is 0.352 bits per heavy atom. The van der Waals surface area contributed by atoms with Crippen LogP contribution in [0, 0.1) is 0 Å². The van der Waals surface area contributed by atoms with Crippen LogP contribution in [0.4, 0.5) is 0 Å². The molecule has 0 atom stereocenters. The number of nitrogens with zero attached hydrogens (tertiary/aromatic N) is 4. The maximum Gasteiger partial charge on any atom is 0.164 e. The Morgan fingerprint density at radius 3 is 1.63 bits per heavy atom. The first-order chi connectivity index (χ1) is 26.8. The summed E-state index contributed by atoms with van der Waals surface area (Å²) < 4.78 is 9.07. The van der Waals surface area contributed by atoms with E-state index in [0.29, 0.717) is 17.5 Å². The van der Waals surface area contributed by atoms with E-state index in [1.54, 1.807) is 0 Å². The molecule has 11 aromatic rings. The maximum absolute atomic E-state index is 6.67. The number of fused-ring (bicyclic) bond motifs is 8. The van der Waals surface area contributed by atoms with Crippen molar-refractivity contribution in [2.75, 3.05) is 0 Å². The first-order valence-electron chi connectivity index (χ1n) is 18.1. The minimum absolute atomic E-state index is 0.573. The summed E-state index contributed by atoms with van der Waals surface area (Å²) in [7, 11) is 0. The lowest BCUT2D eigenvalue weighted by molar-refractivity contribution is 0.669. The molecule has 5 nitrogen and oxygen atoms in total. The van der Waals surface area contributed by atoms with Gasteiger partial charge in [-0.15, -0.1) is 0 Å². The van der Waals surface area contributed by atoms with Gasteiger partial charge < -0.3 is 8.98 Å². The van der Waals surface area contributed by atoms with E-state index in [1.165, 1.54) is 32.7 Å². The second-order valence-electron chi connectivity index (χ2n) is 13.6. The van der Waals surface area contributed by atoms with Gasteiger partial charge in [0.15, 0.2) is 17.5 Å². The van der Waals surface area contributed by atoms with Gasteiger partial charge >= 0.3 is 0 Å². The van der Waals surface area contributed by atoms with Crippen LogP contribution in [-0.2, 0) is 0 Å². The summed E-state index contributed by atoms with van der Waals surface area (Å²) in [5, 5.41) is 6.91. The van der Waals surface area contributed by atoms with Crippen LogP contribution in [0.3, 0.4) is 0 Å². The highest BCUT2D eigenvalue weighted by Crippen LogP contribution is 2.43. The van der Waals surface area contributed by atoms with E-state index in [0.717, 1.165) is 55.3 Å². The molecule has 0 aliphatic rings. The Labute approximate surface area is 310 Å². The van der Waals surface area contributed by atoms with E-state index in [2.05, 4.69) is 114 Å². The molecule has 54 heavy (non-hydrogen) atoms. The fourth-order valence-electron chi connectivity index (χ4n) is 7.94. The monoisotopic (exact) mass is 690 g/mol. The van der Waals surface area contributed by atoms with Crippen molar-refractivity contribution < 1.29 is 4.42 Å². The van der Waals surface area contributed by atoms with Gasteiger partial charge in [0.1, 0.15) is 11.2 Å². The maximum atomic E-state index is 6.67. The predicted molar refractivity (Wildman–Crippen MR) is 221 cm³/mol. The van der Waals surface area contributed by atoms with Crippen molar-refractivity contribution in [3.8, 4) is 51.0 Å². The second kappa shape index (κ2) is 12.1. The normalized spacial score (nSPS) is 11.7. The smallest absolute Gasteiger partial charge is 0.164 e. The van der Waals surface area contributed by atoms with E-state index in [-0.39, 0.29) is 0 Å². The summed E-state index contributed by atoms with van der Waals surface area (Å²) in [5.41, 5.74) is 9.86. The molecule has 0 fully saturated rings. The quantitative estimate of drug-likeness (QED) is 0.180. The number of hydrogen-bond acceptors (Lipinski definition) is 4. The van der Waals surface area contributed by atoms with Crippen LogP contribution < -0.4 is 0 Å². The van der Waals surface area contributed by atoms with Crippen LogP contribution in [0.2, 0.25) is 0 Å².